The SMILES string of the molecule is CCNc1cncc(-n2nc(C)c(Br)c2C)n1. The molecule has 0 saturated heterocycles. The minimum Gasteiger partial charge on any atom is -0.369 e. The average molecular weight is 296 g/mol. The zero-order valence-corrected chi connectivity index (χ0v) is 11.6. The van der Waals surface area contributed by atoms with Gasteiger partial charge in [0, 0.05) is 6.54 Å². The Hall–Kier alpha value is -1.43. The van der Waals surface area contributed by atoms with Gasteiger partial charge in [0.2, 0.25) is 0 Å². The van der Waals surface area contributed by atoms with E-state index in [1.54, 1.807) is 17.1 Å². The lowest BCUT2D eigenvalue weighted by Gasteiger charge is -2.06. The van der Waals surface area contributed by atoms with Crippen LogP contribution in [0.1, 0.15) is 18.3 Å². The van der Waals surface area contributed by atoms with Crippen LogP contribution in [0.3, 0.4) is 0 Å². The van der Waals surface area contributed by atoms with Crippen LogP contribution in [0.2, 0.25) is 0 Å². The van der Waals surface area contributed by atoms with Gasteiger partial charge in [-0.3, -0.25) is 4.98 Å². The maximum Gasteiger partial charge on any atom is 0.174 e. The summed E-state index contributed by atoms with van der Waals surface area (Å²) in [5.41, 5.74) is 1.96. The van der Waals surface area contributed by atoms with E-state index < -0.39 is 0 Å². The topological polar surface area (TPSA) is 55.6 Å². The minimum atomic E-state index is 0.717. The zero-order chi connectivity index (χ0) is 12.4. The Kier molecular flexibility index (Phi) is 3.42. The Morgan fingerprint density at radius 2 is 2.12 bits per heavy atom. The molecule has 90 valence electrons. The molecule has 0 saturated carbocycles. The first-order valence-corrected chi connectivity index (χ1v) is 6.20. The van der Waals surface area contributed by atoms with Crippen molar-refractivity contribution in [3.63, 3.8) is 0 Å². The van der Waals surface area contributed by atoms with Gasteiger partial charge in [0.1, 0.15) is 5.82 Å². The van der Waals surface area contributed by atoms with Crippen LogP contribution in [0.25, 0.3) is 5.82 Å². The van der Waals surface area contributed by atoms with E-state index in [0.717, 1.165) is 34.0 Å². The van der Waals surface area contributed by atoms with Gasteiger partial charge in [0.05, 0.1) is 28.3 Å². The lowest BCUT2D eigenvalue weighted by atomic mass is 10.4. The lowest BCUT2D eigenvalue weighted by Crippen LogP contribution is -2.06. The van der Waals surface area contributed by atoms with Gasteiger partial charge in [-0.25, -0.2) is 9.67 Å². The van der Waals surface area contributed by atoms with Crippen molar-refractivity contribution in [1.82, 2.24) is 19.7 Å². The molecule has 0 fully saturated rings. The molecular weight excluding hydrogens is 282 g/mol. The molecule has 0 aliphatic heterocycles. The van der Waals surface area contributed by atoms with Crippen molar-refractivity contribution in [3.05, 3.63) is 28.3 Å². The van der Waals surface area contributed by atoms with Gasteiger partial charge in [0.25, 0.3) is 0 Å². The van der Waals surface area contributed by atoms with Crippen LogP contribution in [-0.4, -0.2) is 26.3 Å². The van der Waals surface area contributed by atoms with Crippen LogP contribution >= 0.6 is 15.9 Å². The number of hydrogen-bond donors (Lipinski definition) is 1. The third-order valence-electron chi connectivity index (χ3n) is 2.40. The van der Waals surface area contributed by atoms with Gasteiger partial charge < -0.3 is 5.32 Å². The summed E-state index contributed by atoms with van der Waals surface area (Å²) in [6.45, 7) is 6.79. The van der Waals surface area contributed by atoms with Gasteiger partial charge in [-0.2, -0.15) is 5.10 Å². The number of aryl methyl sites for hydroxylation is 1. The fraction of sp³-hybridized carbons (Fsp3) is 0.364. The molecule has 0 bridgehead atoms. The normalized spacial score (nSPS) is 10.6. The Morgan fingerprint density at radius 3 is 2.71 bits per heavy atom. The van der Waals surface area contributed by atoms with Gasteiger partial charge in [-0.05, 0) is 36.7 Å². The van der Waals surface area contributed by atoms with Crippen LogP contribution in [0.5, 0.6) is 0 Å². The molecule has 2 aromatic rings. The van der Waals surface area contributed by atoms with Crippen molar-refractivity contribution in [2.45, 2.75) is 20.8 Å². The number of aromatic nitrogens is 4. The Labute approximate surface area is 108 Å². The largest absolute Gasteiger partial charge is 0.369 e. The third-order valence-corrected chi connectivity index (χ3v) is 3.55. The summed E-state index contributed by atoms with van der Waals surface area (Å²) in [4.78, 5) is 8.61. The fourth-order valence-electron chi connectivity index (χ4n) is 1.57. The third kappa shape index (κ3) is 2.31. The van der Waals surface area contributed by atoms with Crippen molar-refractivity contribution < 1.29 is 0 Å². The van der Waals surface area contributed by atoms with Crippen LogP contribution in [0, 0.1) is 13.8 Å². The van der Waals surface area contributed by atoms with Crippen molar-refractivity contribution in [2.24, 2.45) is 0 Å². The molecule has 0 aromatic carbocycles. The maximum atomic E-state index is 4.45. The smallest absolute Gasteiger partial charge is 0.174 e. The van der Waals surface area contributed by atoms with Gasteiger partial charge in [0.15, 0.2) is 5.82 Å². The molecule has 2 rings (SSSR count). The second-order valence-electron chi connectivity index (χ2n) is 3.69. The molecule has 0 radical (unpaired) electrons. The number of hydrogen-bond acceptors (Lipinski definition) is 4. The molecule has 5 nitrogen and oxygen atoms in total. The molecule has 2 aromatic heterocycles. The maximum absolute atomic E-state index is 4.45. The molecule has 0 aliphatic rings. The highest BCUT2D eigenvalue weighted by Crippen LogP contribution is 2.22. The number of nitrogens with zero attached hydrogens (tertiary/aromatic N) is 4. The first kappa shape index (κ1) is 12.0. The van der Waals surface area contributed by atoms with Crippen molar-refractivity contribution in [3.8, 4) is 5.82 Å². The molecule has 0 spiro atoms. The summed E-state index contributed by atoms with van der Waals surface area (Å²) in [6, 6.07) is 0. The van der Waals surface area contributed by atoms with Crippen LogP contribution in [0.15, 0.2) is 16.9 Å². The highest BCUT2D eigenvalue weighted by atomic mass is 79.9. The van der Waals surface area contributed by atoms with Crippen molar-refractivity contribution >= 4 is 21.7 Å². The summed E-state index contributed by atoms with van der Waals surface area (Å²) in [5.74, 6) is 1.48. The van der Waals surface area contributed by atoms with E-state index in [2.05, 4.69) is 36.3 Å². The van der Waals surface area contributed by atoms with Gasteiger partial charge >= 0.3 is 0 Å². The van der Waals surface area contributed by atoms with Crippen LogP contribution < -0.4 is 5.32 Å². The standard InChI is InChI=1S/C11H14BrN5/c1-4-14-9-5-13-6-10(15-9)17-8(3)11(12)7(2)16-17/h5-6H,4H2,1-3H3,(H,14,15). The van der Waals surface area contributed by atoms with Crippen molar-refractivity contribution in [1.29, 1.82) is 0 Å². The molecule has 2 heterocycles. The quantitative estimate of drug-likeness (QED) is 0.945. The summed E-state index contributed by atoms with van der Waals surface area (Å²) < 4.78 is 2.79. The second kappa shape index (κ2) is 4.83. The first-order chi connectivity index (χ1) is 8.13. The molecular formula is C11H14BrN5. The molecule has 0 aliphatic carbocycles. The molecule has 1 N–H and O–H groups in total. The second-order valence-corrected chi connectivity index (χ2v) is 4.48. The molecule has 0 amide bonds. The summed E-state index contributed by atoms with van der Waals surface area (Å²) >= 11 is 3.50. The summed E-state index contributed by atoms with van der Waals surface area (Å²) in [5, 5.41) is 7.55. The molecule has 6 heteroatoms. The summed E-state index contributed by atoms with van der Waals surface area (Å²) in [7, 11) is 0. The highest BCUT2D eigenvalue weighted by Gasteiger charge is 2.11. The van der Waals surface area contributed by atoms with E-state index in [-0.39, 0.29) is 0 Å². The van der Waals surface area contributed by atoms with E-state index in [1.165, 1.54) is 0 Å². The number of anilines is 1. The van der Waals surface area contributed by atoms with E-state index in [0.29, 0.717) is 0 Å². The minimum absolute atomic E-state index is 0.717. The fourth-order valence-corrected chi connectivity index (χ4v) is 1.82. The van der Waals surface area contributed by atoms with Crippen LogP contribution in [0.4, 0.5) is 5.82 Å². The lowest BCUT2D eigenvalue weighted by molar-refractivity contribution is 0.799. The Morgan fingerprint density at radius 1 is 1.35 bits per heavy atom. The van der Waals surface area contributed by atoms with Gasteiger partial charge in [-0.1, -0.05) is 0 Å². The Balaban J connectivity index is 2.45. The number of rotatable bonds is 3. The zero-order valence-electron chi connectivity index (χ0n) is 10.0. The first-order valence-electron chi connectivity index (χ1n) is 5.41. The predicted octanol–water partition coefficient (Wildman–Crippen LogP) is 2.47. The molecule has 0 atom stereocenters. The number of halogens is 1. The highest BCUT2D eigenvalue weighted by molar-refractivity contribution is 9.10. The van der Waals surface area contributed by atoms with E-state index in [9.17, 15) is 0 Å². The average Bonchev–Trinajstić information content (AvgIpc) is 2.58. The van der Waals surface area contributed by atoms with Gasteiger partial charge in [-0.15, -0.1) is 0 Å². The summed E-state index contributed by atoms with van der Waals surface area (Å²) in [6.07, 6.45) is 3.40. The predicted molar refractivity (Wildman–Crippen MR) is 70.5 cm³/mol. The van der Waals surface area contributed by atoms with E-state index >= 15 is 0 Å². The van der Waals surface area contributed by atoms with E-state index in [4.69, 9.17) is 0 Å². The van der Waals surface area contributed by atoms with Crippen molar-refractivity contribution in [2.75, 3.05) is 11.9 Å². The van der Waals surface area contributed by atoms with E-state index in [1.807, 2.05) is 20.8 Å². The Bertz CT molecular complexity index is 535. The van der Waals surface area contributed by atoms with Crippen LogP contribution in [-0.2, 0) is 0 Å². The molecule has 0 unspecified atom stereocenters. The number of nitrogens with one attached hydrogen (secondary N) is 1. The molecule has 17 heavy (non-hydrogen) atoms. The monoisotopic (exact) mass is 295 g/mol.